The molecule has 0 spiro atoms. The summed E-state index contributed by atoms with van der Waals surface area (Å²) in [5, 5.41) is 3.49. The van der Waals surface area contributed by atoms with Crippen molar-refractivity contribution in [3.05, 3.63) is 30.1 Å². The number of rotatable bonds is 2. The SMILES string of the molecule is CC(C)(c1cccnc1)C1CCCNC1. The molecule has 1 aliphatic heterocycles. The average molecular weight is 204 g/mol. The molecule has 0 aromatic carbocycles. The smallest absolute Gasteiger partial charge is 0.0305 e. The number of piperidine rings is 1. The van der Waals surface area contributed by atoms with Crippen molar-refractivity contribution in [2.45, 2.75) is 32.1 Å². The van der Waals surface area contributed by atoms with Crippen molar-refractivity contribution in [1.29, 1.82) is 0 Å². The average Bonchev–Trinajstić information content (AvgIpc) is 2.31. The molecule has 2 heterocycles. The maximum atomic E-state index is 4.23. The van der Waals surface area contributed by atoms with Crippen LogP contribution in [0.25, 0.3) is 0 Å². The zero-order valence-electron chi connectivity index (χ0n) is 9.66. The lowest BCUT2D eigenvalue weighted by Crippen LogP contribution is -2.40. The van der Waals surface area contributed by atoms with Crippen molar-refractivity contribution < 1.29 is 0 Å². The Morgan fingerprint density at radius 2 is 2.33 bits per heavy atom. The predicted octanol–water partition coefficient (Wildman–Crippen LogP) is 2.36. The van der Waals surface area contributed by atoms with Crippen molar-refractivity contribution in [3.63, 3.8) is 0 Å². The van der Waals surface area contributed by atoms with Gasteiger partial charge in [-0.1, -0.05) is 19.9 Å². The monoisotopic (exact) mass is 204 g/mol. The highest BCUT2D eigenvalue weighted by molar-refractivity contribution is 5.21. The second-order valence-corrected chi connectivity index (χ2v) is 5.01. The molecule has 2 heteroatoms. The summed E-state index contributed by atoms with van der Waals surface area (Å²) in [5.74, 6) is 0.732. The fourth-order valence-electron chi connectivity index (χ4n) is 2.45. The fourth-order valence-corrected chi connectivity index (χ4v) is 2.45. The molecule has 15 heavy (non-hydrogen) atoms. The Labute approximate surface area is 92.1 Å². The molecular weight excluding hydrogens is 184 g/mol. The van der Waals surface area contributed by atoms with E-state index in [1.165, 1.54) is 24.9 Å². The number of aromatic nitrogens is 1. The number of hydrogen-bond acceptors (Lipinski definition) is 2. The molecule has 0 saturated carbocycles. The van der Waals surface area contributed by atoms with Crippen LogP contribution < -0.4 is 5.32 Å². The van der Waals surface area contributed by atoms with Crippen LogP contribution in [0.4, 0.5) is 0 Å². The molecule has 2 nitrogen and oxygen atoms in total. The van der Waals surface area contributed by atoms with Gasteiger partial charge in [0.05, 0.1) is 0 Å². The highest BCUT2D eigenvalue weighted by Gasteiger charge is 2.32. The summed E-state index contributed by atoms with van der Waals surface area (Å²) in [5.41, 5.74) is 1.60. The summed E-state index contributed by atoms with van der Waals surface area (Å²) < 4.78 is 0. The maximum Gasteiger partial charge on any atom is 0.0305 e. The summed E-state index contributed by atoms with van der Waals surface area (Å²) in [6.45, 7) is 6.99. The van der Waals surface area contributed by atoms with Crippen LogP contribution in [0.15, 0.2) is 24.5 Å². The topological polar surface area (TPSA) is 24.9 Å². The van der Waals surface area contributed by atoms with Gasteiger partial charge in [0.1, 0.15) is 0 Å². The molecule has 1 N–H and O–H groups in total. The van der Waals surface area contributed by atoms with Gasteiger partial charge in [-0.3, -0.25) is 4.98 Å². The van der Waals surface area contributed by atoms with Gasteiger partial charge < -0.3 is 5.32 Å². The first-order chi connectivity index (χ1) is 7.21. The Bertz CT molecular complexity index is 300. The number of nitrogens with one attached hydrogen (secondary N) is 1. The lowest BCUT2D eigenvalue weighted by molar-refractivity contribution is 0.251. The fraction of sp³-hybridized carbons (Fsp3) is 0.615. The number of pyridine rings is 1. The first-order valence-electron chi connectivity index (χ1n) is 5.82. The largest absolute Gasteiger partial charge is 0.316 e. The van der Waals surface area contributed by atoms with Gasteiger partial charge in [0, 0.05) is 12.4 Å². The van der Waals surface area contributed by atoms with Gasteiger partial charge in [-0.25, -0.2) is 0 Å². The van der Waals surface area contributed by atoms with Crippen LogP contribution in [0.2, 0.25) is 0 Å². The molecule has 1 atom stereocenters. The molecule has 0 bridgehead atoms. The minimum absolute atomic E-state index is 0.238. The third kappa shape index (κ3) is 2.20. The molecule has 0 aliphatic carbocycles. The predicted molar refractivity (Wildman–Crippen MR) is 62.9 cm³/mol. The maximum absolute atomic E-state index is 4.23. The van der Waals surface area contributed by atoms with Crippen molar-refractivity contribution in [1.82, 2.24) is 10.3 Å². The van der Waals surface area contributed by atoms with Crippen LogP contribution in [-0.4, -0.2) is 18.1 Å². The summed E-state index contributed by atoms with van der Waals surface area (Å²) in [6.07, 6.45) is 6.48. The first-order valence-corrected chi connectivity index (χ1v) is 5.82. The van der Waals surface area contributed by atoms with E-state index in [1.807, 2.05) is 18.5 Å². The van der Waals surface area contributed by atoms with E-state index in [9.17, 15) is 0 Å². The minimum Gasteiger partial charge on any atom is -0.316 e. The van der Waals surface area contributed by atoms with E-state index in [2.05, 4.69) is 30.2 Å². The first kappa shape index (κ1) is 10.6. The minimum atomic E-state index is 0.238. The second kappa shape index (κ2) is 4.31. The van der Waals surface area contributed by atoms with E-state index >= 15 is 0 Å². The van der Waals surface area contributed by atoms with Crippen molar-refractivity contribution in [3.8, 4) is 0 Å². The van der Waals surface area contributed by atoms with Crippen molar-refractivity contribution in [2.75, 3.05) is 13.1 Å². The van der Waals surface area contributed by atoms with E-state index in [0.29, 0.717) is 0 Å². The summed E-state index contributed by atoms with van der Waals surface area (Å²) >= 11 is 0. The van der Waals surface area contributed by atoms with E-state index < -0.39 is 0 Å². The lowest BCUT2D eigenvalue weighted by atomic mass is 9.71. The molecule has 1 aromatic rings. The van der Waals surface area contributed by atoms with Crippen molar-refractivity contribution >= 4 is 0 Å². The molecule has 1 unspecified atom stereocenters. The van der Waals surface area contributed by atoms with E-state index in [4.69, 9.17) is 0 Å². The van der Waals surface area contributed by atoms with Crippen LogP contribution in [-0.2, 0) is 5.41 Å². The molecule has 1 aliphatic rings. The molecule has 2 rings (SSSR count). The van der Waals surface area contributed by atoms with E-state index in [-0.39, 0.29) is 5.41 Å². The summed E-state index contributed by atoms with van der Waals surface area (Å²) in [7, 11) is 0. The van der Waals surface area contributed by atoms with Gasteiger partial charge in [0.15, 0.2) is 0 Å². The third-order valence-electron chi connectivity index (χ3n) is 3.72. The zero-order valence-corrected chi connectivity index (χ0v) is 9.66. The van der Waals surface area contributed by atoms with Crippen LogP contribution >= 0.6 is 0 Å². The van der Waals surface area contributed by atoms with Crippen LogP contribution in [0.3, 0.4) is 0 Å². The Hall–Kier alpha value is -0.890. The summed E-state index contributed by atoms with van der Waals surface area (Å²) in [4.78, 5) is 4.23. The van der Waals surface area contributed by atoms with Gasteiger partial charge in [-0.05, 0) is 48.9 Å². The Morgan fingerprint density at radius 1 is 1.47 bits per heavy atom. The molecule has 0 radical (unpaired) electrons. The van der Waals surface area contributed by atoms with Crippen molar-refractivity contribution in [2.24, 2.45) is 5.92 Å². The van der Waals surface area contributed by atoms with Gasteiger partial charge in [-0.2, -0.15) is 0 Å². The van der Waals surface area contributed by atoms with Crippen LogP contribution in [0.1, 0.15) is 32.3 Å². The summed E-state index contributed by atoms with van der Waals surface area (Å²) in [6, 6.07) is 4.23. The second-order valence-electron chi connectivity index (χ2n) is 5.01. The number of hydrogen-bond donors (Lipinski definition) is 1. The van der Waals surface area contributed by atoms with Crippen LogP contribution in [0.5, 0.6) is 0 Å². The normalized spacial score (nSPS) is 22.7. The Kier molecular flexibility index (Phi) is 3.06. The molecule has 1 fully saturated rings. The standard InChI is InChI=1S/C13H20N2/c1-13(2,11-5-3-7-14-9-11)12-6-4-8-15-10-12/h3,5,7,9,12,15H,4,6,8,10H2,1-2H3. The highest BCUT2D eigenvalue weighted by atomic mass is 14.9. The van der Waals surface area contributed by atoms with E-state index in [0.717, 1.165) is 12.5 Å². The lowest BCUT2D eigenvalue weighted by Gasteiger charge is -2.37. The molecular formula is C13H20N2. The quantitative estimate of drug-likeness (QED) is 0.800. The molecule has 1 aromatic heterocycles. The third-order valence-corrected chi connectivity index (χ3v) is 3.72. The molecule has 1 saturated heterocycles. The van der Waals surface area contributed by atoms with Crippen LogP contribution in [0, 0.1) is 5.92 Å². The zero-order chi connectivity index (χ0) is 10.7. The highest BCUT2D eigenvalue weighted by Crippen LogP contribution is 2.34. The van der Waals surface area contributed by atoms with Gasteiger partial charge in [-0.15, -0.1) is 0 Å². The molecule has 82 valence electrons. The Morgan fingerprint density at radius 3 is 2.93 bits per heavy atom. The van der Waals surface area contributed by atoms with Gasteiger partial charge >= 0.3 is 0 Å². The van der Waals surface area contributed by atoms with Gasteiger partial charge in [0.2, 0.25) is 0 Å². The Balaban J connectivity index is 2.18. The number of nitrogens with zero attached hydrogens (tertiary/aromatic N) is 1. The molecule has 0 amide bonds. The van der Waals surface area contributed by atoms with E-state index in [1.54, 1.807) is 0 Å². The van der Waals surface area contributed by atoms with Gasteiger partial charge in [0.25, 0.3) is 0 Å².